The van der Waals surface area contributed by atoms with Gasteiger partial charge in [-0.2, -0.15) is 5.10 Å². The van der Waals surface area contributed by atoms with Crippen LogP contribution in [0.2, 0.25) is 0 Å². The van der Waals surface area contributed by atoms with E-state index in [0.29, 0.717) is 31.0 Å². The van der Waals surface area contributed by atoms with Crippen LogP contribution in [0, 0.1) is 5.82 Å². The molecule has 0 aliphatic heterocycles. The number of H-pyrrole nitrogens is 1. The number of nitrogens with one attached hydrogen (secondary N) is 1. The molecule has 1 amide bonds. The van der Waals surface area contributed by atoms with Gasteiger partial charge >= 0.3 is 0 Å². The Labute approximate surface area is 151 Å². The van der Waals surface area contributed by atoms with Crippen molar-refractivity contribution < 1.29 is 9.18 Å². The van der Waals surface area contributed by atoms with Gasteiger partial charge in [-0.3, -0.25) is 9.89 Å². The molecule has 0 aliphatic carbocycles. The topological polar surface area (TPSA) is 75.0 Å². The number of nitrogens with two attached hydrogens (primary N) is 1. The van der Waals surface area contributed by atoms with Crippen LogP contribution < -0.4 is 5.73 Å². The molecule has 0 aliphatic rings. The van der Waals surface area contributed by atoms with Crippen molar-refractivity contribution in [3.8, 4) is 11.3 Å². The fourth-order valence-electron chi connectivity index (χ4n) is 2.75. The average molecular weight is 352 g/mol. The van der Waals surface area contributed by atoms with Crippen LogP contribution in [-0.2, 0) is 6.42 Å². The number of aromatic amines is 1. The summed E-state index contributed by atoms with van der Waals surface area (Å²) in [5.74, 6) is -0.456. The Balaban J connectivity index is 1.71. The third-order valence-corrected chi connectivity index (χ3v) is 4.15. The van der Waals surface area contributed by atoms with E-state index in [1.54, 1.807) is 23.1 Å². The van der Waals surface area contributed by atoms with Gasteiger partial charge in [0.2, 0.25) is 0 Å². The molecule has 0 spiro atoms. The number of hydrogen-bond donors (Lipinski definition) is 2. The monoisotopic (exact) mass is 352 g/mol. The molecule has 1 aromatic heterocycles. The molecular weight excluding hydrogens is 331 g/mol. The maximum Gasteiger partial charge on any atom is 0.271 e. The summed E-state index contributed by atoms with van der Waals surface area (Å²) in [6.45, 7) is 1.43. The highest BCUT2D eigenvalue weighted by Gasteiger charge is 2.18. The number of amides is 1. The highest BCUT2D eigenvalue weighted by Crippen LogP contribution is 2.18. The van der Waals surface area contributed by atoms with Crippen molar-refractivity contribution in [2.24, 2.45) is 5.73 Å². The Morgan fingerprint density at radius 1 is 1.08 bits per heavy atom. The Morgan fingerprint density at radius 3 is 2.50 bits per heavy atom. The second kappa shape index (κ2) is 8.40. The number of carbonyl (C=O) groups is 1. The molecule has 2 aromatic carbocycles. The predicted molar refractivity (Wildman–Crippen MR) is 99.1 cm³/mol. The maximum atomic E-state index is 13.1. The van der Waals surface area contributed by atoms with Crippen LogP contribution in [0.1, 0.15) is 16.1 Å². The van der Waals surface area contributed by atoms with Gasteiger partial charge in [-0.1, -0.05) is 30.3 Å². The standard InChI is InChI=1S/C20H21FN4O/c21-17-8-6-16(7-9-17)18-14-19(24-23-18)20(26)25(13-11-22)12-10-15-4-2-1-3-5-15/h1-9,14H,10-13,22H2,(H,23,24). The van der Waals surface area contributed by atoms with Crippen molar-refractivity contribution in [1.29, 1.82) is 0 Å². The van der Waals surface area contributed by atoms with Crippen LogP contribution in [-0.4, -0.2) is 40.6 Å². The minimum Gasteiger partial charge on any atom is -0.336 e. The van der Waals surface area contributed by atoms with Crippen LogP contribution >= 0.6 is 0 Å². The van der Waals surface area contributed by atoms with Crippen LogP contribution in [0.15, 0.2) is 60.7 Å². The summed E-state index contributed by atoms with van der Waals surface area (Å²) in [5.41, 5.74) is 8.58. The first-order valence-corrected chi connectivity index (χ1v) is 8.52. The molecular formula is C20H21FN4O. The minimum absolute atomic E-state index is 0.146. The quantitative estimate of drug-likeness (QED) is 0.687. The van der Waals surface area contributed by atoms with Crippen LogP contribution in [0.4, 0.5) is 4.39 Å². The number of nitrogens with zero attached hydrogens (tertiary/aromatic N) is 2. The average Bonchev–Trinajstić information content (AvgIpc) is 3.16. The van der Waals surface area contributed by atoms with Crippen molar-refractivity contribution in [3.63, 3.8) is 0 Å². The fraction of sp³-hybridized carbons (Fsp3) is 0.200. The van der Waals surface area contributed by atoms with E-state index in [-0.39, 0.29) is 11.7 Å². The number of rotatable bonds is 7. The third kappa shape index (κ3) is 4.34. The van der Waals surface area contributed by atoms with E-state index >= 15 is 0 Å². The highest BCUT2D eigenvalue weighted by molar-refractivity contribution is 5.93. The summed E-state index contributed by atoms with van der Waals surface area (Å²) in [7, 11) is 0. The molecule has 1 heterocycles. The minimum atomic E-state index is -0.310. The molecule has 5 nitrogen and oxygen atoms in total. The Morgan fingerprint density at radius 2 is 1.81 bits per heavy atom. The van der Waals surface area contributed by atoms with Crippen molar-refractivity contribution in [1.82, 2.24) is 15.1 Å². The summed E-state index contributed by atoms with van der Waals surface area (Å²) < 4.78 is 13.1. The zero-order valence-corrected chi connectivity index (χ0v) is 14.4. The Bertz CT molecular complexity index is 846. The zero-order valence-electron chi connectivity index (χ0n) is 14.4. The first-order chi connectivity index (χ1) is 12.7. The molecule has 6 heteroatoms. The molecule has 0 saturated carbocycles. The van der Waals surface area contributed by atoms with Gasteiger partial charge in [-0.05, 0) is 42.3 Å². The van der Waals surface area contributed by atoms with Crippen LogP contribution in [0.25, 0.3) is 11.3 Å². The van der Waals surface area contributed by atoms with Crippen molar-refractivity contribution in [2.75, 3.05) is 19.6 Å². The first-order valence-electron chi connectivity index (χ1n) is 8.52. The molecule has 0 bridgehead atoms. The third-order valence-electron chi connectivity index (χ3n) is 4.15. The lowest BCUT2D eigenvalue weighted by Crippen LogP contribution is -2.37. The van der Waals surface area contributed by atoms with Gasteiger partial charge in [0.1, 0.15) is 11.5 Å². The summed E-state index contributed by atoms with van der Waals surface area (Å²) in [6.07, 6.45) is 0.755. The number of carbonyl (C=O) groups excluding carboxylic acids is 1. The van der Waals surface area contributed by atoms with Crippen molar-refractivity contribution in [3.05, 3.63) is 77.7 Å². The molecule has 26 heavy (non-hydrogen) atoms. The van der Waals surface area contributed by atoms with Crippen LogP contribution in [0.3, 0.4) is 0 Å². The second-order valence-corrected chi connectivity index (χ2v) is 5.99. The molecule has 134 valence electrons. The predicted octanol–water partition coefficient (Wildman–Crippen LogP) is 2.86. The molecule has 3 aromatic rings. The summed E-state index contributed by atoms with van der Waals surface area (Å²) in [4.78, 5) is 14.5. The maximum absolute atomic E-state index is 13.1. The molecule has 3 N–H and O–H groups in total. The van der Waals surface area contributed by atoms with Gasteiger partial charge in [0.15, 0.2) is 0 Å². The molecule has 0 saturated heterocycles. The van der Waals surface area contributed by atoms with E-state index in [9.17, 15) is 9.18 Å². The first kappa shape index (κ1) is 17.8. The SMILES string of the molecule is NCCN(CCc1ccccc1)C(=O)c1cc(-c2ccc(F)cc2)n[nH]1. The Kier molecular flexibility index (Phi) is 5.76. The van der Waals surface area contributed by atoms with Gasteiger partial charge in [-0.25, -0.2) is 4.39 Å². The summed E-state index contributed by atoms with van der Waals surface area (Å²) in [6, 6.07) is 17.7. The molecule has 3 rings (SSSR count). The van der Waals surface area contributed by atoms with Crippen molar-refractivity contribution in [2.45, 2.75) is 6.42 Å². The number of aromatic nitrogens is 2. The van der Waals surface area contributed by atoms with E-state index in [1.165, 1.54) is 17.7 Å². The largest absolute Gasteiger partial charge is 0.336 e. The number of halogens is 1. The van der Waals surface area contributed by atoms with E-state index < -0.39 is 0 Å². The summed E-state index contributed by atoms with van der Waals surface area (Å²) in [5, 5.41) is 6.95. The van der Waals surface area contributed by atoms with Gasteiger partial charge in [0.05, 0.1) is 5.69 Å². The Hall–Kier alpha value is -2.99. The number of benzene rings is 2. The highest BCUT2D eigenvalue weighted by atomic mass is 19.1. The van der Waals surface area contributed by atoms with E-state index in [4.69, 9.17) is 5.73 Å². The summed E-state index contributed by atoms with van der Waals surface area (Å²) >= 11 is 0. The molecule has 0 unspecified atom stereocenters. The van der Waals surface area contributed by atoms with Gasteiger partial charge < -0.3 is 10.6 Å². The zero-order chi connectivity index (χ0) is 18.4. The number of hydrogen-bond acceptors (Lipinski definition) is 3. The molecule has 0 radical (unpaired) electrons. The van der Waals surface area contributed by atoms with Gasteiger partial charge in [-0.15, -0.1) is 0 Å². The lowest BCUT2D eigenvalue weighted by Gasteiger charge is -2.21. The molecule has 0 atom stereocenters. The lowest BCUT2D eigenvalue weighted by molar-refractivity contribution is 0.0756. The normalized spacial score (nSPS) is 10.7. The van der Waals surface area contributed by atoms with E-state index in [0.717, 1.165) is 12.0 Å². The fourth-order valence-corrected chi connectivity index (χ4v) is 2.75. The molecule has 0 fully saturated rings. The second-order valence-electron chi connectivity index (χ2n) is 5.99. The van der Waals surface area contributed by atoms with E-state index in [1.807, 2.05) is 30.3 Å². The lowest BCUT2D eigenvalue weighted by atomic mass is 10.1. The van der Waals surface area contributed by atoms with Gasteiger partial charge in [0.25, 0.3) is 5.91 Å². The van der Waals surface area contributed by atoms with Crippen LogP contribution in [0.5, 0.6) is 0 Å². The van der Waals surface area contributed by atoms with Crippen molar-refractivity contribution >= 4 is 5.91 Å². The smallest absolute Gasteiger partial charge is 0.271 e. The van der Waals surface area contributed by atoms with E-state index in [2.05, 4.69) is 10.2 Å². The van der Waals surface area contributed by atoms with Gasteiger partial charge in [0, 0.05) is 25.2 Å².